The summed E-state index contributed by atoms with van der Waals surface area (Å²) >= 11 is 1.54. The van der Waals surface area contributed by atoms with E-state index in [1.54, 1.807) is 42.1 Å². The Bertz CT molecular complexity index is 690. The number of pyridine rings is 1. The number of carbonyl (C=O) groups excluding carboxylic acids is 1. The maximum atomic E-state index is 11.8. The predicted molar refractivity (Wildman–Crippen MR) is 71.1 cm³/mol. The van der Waals surface area contributed by atoms with Gasteiger partial charge in [0.15, 0.2) is 0 Å². The molecule has 3 rings (SSSR count). The highest BCUT2D eigenvalue weighted by molar-refractivity contribution is 7.15. The van der Waals surface area contributed by atoms with Gasteiger partial charge in [-0.05, 0) is 12.1 Å². The monoisotopic (exact) mass is 273 g/mol. The molecule has 3 heterocycles. The lowest BCUT2D eigenvalue weighted by atomic mass is 10.3. The van der Waals surface area contributed by atoms with E-state index in [-0.39, 0.29) is 5.91 Å². The summed E-state index contributed by atoms with van der Waals surface area (Å²) in [5, 5.41) is 12.7. The van der Waals surface area contributed by atoms with Crippen molar-refractivity contribution in [2.75, 3.05) is 6.54 Å². The van der Waals surface area contributed by atoms with Gasteiger partial charge in [0.1, 0.15) is 12.0 Å². The minimum absolute atomic E-state index is 0.157. The van der Waals surface area contributed by atoms with Crippen molar-refractivity contribution in [2.24, 2.45) is 0 Å². The van der Waals surface area contributed by atoms with Crippen LogP contribution < -0.4 is 5.32 Å². The maximum Gasteiger partial charge on any atom is 0.269 e. The van der Waals surface area contributed by atoms with Crippen molar-refractivity contribution in [3.05, 3.63) is 47.5 Å². The highest BCUT2D eigenvalue weighted by atomic mass is 32.1. The van der Waals surface area contributed by atoms with Gasteiger partial charge in [-0.15, -0.1) is 21.5 Å². The van der Waals surface area contributed by atoms with E-state index in [0.29, 0.717) is 12.2 Å². The fraction of sp³-hybridized carbons (Fsp3) is 0.167. The molecule has 0 saturated heterocycles. The number of rotatable bonds is 4. The van der Waals surface area contributed by atoms with Crippen molar-refractivity contribution in [1.82, 2.24) is 24.9 Å². The molecule has 7 heteroatoms. The number of amides is 1. The molecule has 96 valence electrons. The molecule has 0 aliphatic carbocycles. The molecule has 6 nitrogen and oxygen atoms in total. The SMILES string of the molecule is O=C(NCCc1csc2nncn12)c1ccccn1. The minimum Gasteiger partial charge on any atom is -0.350 e. The Labute approximate surface area is 113 Å². The third-order valence-electron chi connectivity index (χ3n) is 2.69. The predicted octanol–water partition coefficient (Wildman–Crippen LogP) is 1.16. The highest BCUT2D eigenvalue weighted by Gasteiger charge is 2.07. The van der Waals surface area contributed by atoms with Gasteiger partial charge in [-0.1, -0.05) is 6.07 Å². The largest absolute Gasteiger partial charge is 0.350 e. The molecule has 0 aromatic carbocycles. The first-order valence-electron chi connectivity index (χ1n) is 5.80. The normalized spacial score (nSPS) is 10.7. The number of thiazole rings is 1. The molecule has 0 spiro atoms. The van der Waals surface area contributed by atoms with Gasteiger partial charge < -0.3 is 5.32 Å². The van der Waals surface area contributed by atoms with Crippen molar-refractivity contribution in [3.63, 3.8) is 0 Å². The van der Waals surface area contributed by atoms with Crippen LogP contribution in [0, 0.1) is 0 Å². The van der Waals surface area contributed by atoms with Crippen LogP contribution in [0.1, 0.15) is 16.2 Å². The van der Waals surface area contributed by atoms with Crippen molar-refractivity contribution in [1.29, 1.82) is 0 Å². The highest BCUT2D eigenvalue weighted by Crippen LogP contribution is 2.13. The molecule has 0 fully saturated rings. The topological polar surface area (TPSA) is 72.2 Å². The summed E-state index contributed by atoms with van der Waals surface area (Å²) in [6, 6.07) is 5.27. The molecule has 0 aliphatic rings. The summed E-state index contributed by atoms with van der Waals surface area (Å²) in [6.45, 7) is 0.555. The third-order valence-corrected chi connectivity index (χ3v) is 3.57. The van der Waals surface area contributed by atoms with Crippen molar-refractivity contribution < 1.29 is 4.79 Å². The number of nitrogens with one attached hydrogen (secondary N) is 1. The fourth-order valence-corrected chi connectivity index (χ4v) is 2.60. The zero-order valence-electron chi connectivity index (χ0n) is 9.98. The van der Waals surface area contributed by atoms with E-state index in [4.69, 9.17) is 0 Å². The summed E-state index contributed by atoms with van der Waals surface area (Å²) in [5.74, 6) is -0.157. The van der Waals surface area contributed by atoms with E-state index in [1.165, 1.54) is 0 Å². The Morgan fingerprint density at radius 2 is 2.37 bits per heavy atom. The zero-order valence-corrected chi connectivity index (χ0v) is 10.8. The molecule has 3 aromatic rings. The van der Waals surface area contributed by atoms with Crippen LogP contribution in [0.2, 0.25) is 0 Å². The molecule has 0 radical (unpaired) electrons. The summed E-state index contributed by atoms with van der Waals surface area (Å²) < 4.78 is 1.93. The van der Waals surface area contributed by atoms with Crippen LogP contribution in [0.4, 0.5) is 0 Å². The molecule has 3 aromatic heterocycles. The van der Waals surface area contributed by atoms with Crippen LogP contribution >= 0.6 is 11.3 Å². The number of fused-ring (bicyclic) bond motifs is 1. The maximum absolute atomic E-state index is 11.8. The van der Waals surface area contributed by atoms with Gasteiger partial charge in [0, 0.05) is 30.2 Å². The Morgan fingerprint density at radius 1 is 1.42 bits per heavy atom. The lowest BCUT2D eigenvalue weighted by Crippen LogP contribution is -2.26. The lowest BCUT2D eigenvalue weighted by molar-refractivity contribution is 0.0949. The number of carbonyl (C=O) groups is 1. The van der Waals surface area contributed by atoms with E-state index in [0.717, 1.165) is 17.1 Å². The van der Waals surface area contributed by atoms with Crippen LogP contribution in [-0.2, 0) is 6.42 Å². The summed E-state index contributed by atoms with van der Waals surface area (Å²) in [5.41, 5.74) is 1.52. The van der Waals surface area contributed by atoms with Crippen molar-refractivity contribution in [3.8, 4) is 0 Å². The molecular weight excluding hydrogens is 262 g/mol. The lowest BCUT2D eigenvalue weighted by Gasteiger charge is -2.03. The van der Waals surface area contributed by atoms with Crippen molar-refractivity contribution in [2.45, 2.75) is 6.42 Å². The summed E-state index contributed by atoms with van der Waals surface area (Å²) in [6.07, 6.45) is 4.02. The Balaban J connectivity index is 1.59. The number of aromatic nitrogens is 4. The average Bonchev–Trinajstić information content (AvgIpc) is 3.04. The van der Waals surface area contributed by atoms with E-state index >= 15 is 0 Å². The molecular formula is C12H11N5OS. The second kappa shape index (κ2) is 5.15. The standard InChI is InChI=1S/C12H11N5OS/c18-11(10-3-1-2-5-13-10)14-6-4-9-7-19-12-16-15-8-17(9)12/h1-3,5,7-8H,4,6H2,(H,14,18). The summed E-state index contributed by atoms with van der Waals surface area (Å²) in [7, 11) is 0. The van der Waals surface area contributed by atoms with Gasteiger partial charge >= 0.3 is 0 Å². The zero-order chi connectivity index (χ0) is 13.1. The van der Waals surface area contributed by atoms with Gasteiger partial charge in [-0.3, -0.25) is 14.2 Å². The first kappa shape index (κ1) is 11.8. The Morgan fingerprint density at radius 3 is 3.21 bits per heavy atom. The van der Waals surface area contributed by atoms with Gasteiger partial charge in [0.25, 0.3) is 5.91 Å². The van der Waals surface area contributed by atoms with Crippen LogP contribution in [-0.4, -0.2) is 32.0 Å². The van der Waals surface area contributed by atoms with Crippen LogP contribution in [0.3, 0.4) is 0 Å². The molecule has 0 saturated carbocycles. The van der Waals surface area contributed by atoms with E-state index < -0.39 is 0 Å². The first-order chi connectivity index (χ1) is 9.34. The van der Waals surface area contributed by atoms with Crippen LogP contribution in [0.25, 0.3) is 4.96 Å². The smallest absolute Gasteiger partial charge is 0.269 e. The third kappa shape index (κ3) is 2.45. The van der Waals surface area contributed by atoms with Crippen LogP contribution in [0.15, 0.2) is 36.1 Å². The average molecular weight is 273 g/mol. The van der Waals surface area contributed by atoms with Crippen LogP contribution in [0.5, 0.6) is 0 Å². The molecule has 0 atom stereocenters. The Kier molecular flexibility index (Phi) is 3.20. The van der Waals surface area contributed by atoms with Gasteiger partial charge in [-0.25, -0.2) is 0 Å². The van der Waals surface area contributed by atoms with E-state index in [9.17, 15) is 4.79 Å². The van der Waals surface area contributed by atoms with Gasteiger partial charge in [0.2, 0.25) is 4.96 Å². The first-order valence-corrected chi connectivity index (χ1v) is 6.68. The Hall–Kier alpha value is -2.28. The minimum atomic E-state index is -0.157. The van der Waals surface area contributed by atoms with Crippen molar-refractivity contribution >= 4 is 22.2 Å². The number of hydrogen-bond donors (Lipinski definition) is 1. The molecule has 0 unspecified atom stereocenters. The molecule has 19 heavy (non-hydrogen) atoms. The molecule has 0 aliphatic heterocycles. The molecule has 0 bridgehead atoms. The fourth-order valence-electron chi connectivity index (χ4n) is 1.75. The van der Waals surface area contributed by atoms with Gasteiger partial charge in [0.05, 0.1) is 0 Å². The summed E-state index contributed by atoms with van der Waals surface area (Å²) in [4.78, 5) is 16.7. The molecule has 1 amide bonds. The van der Waals surface area contributed by atoms with E-state index in [1.807, 2.05) is 9.78 Å². The number of hydrogen-bond acceptors (Lipinski definition) is 5. The molecule has 1 N–H and O–H groups in total. The number of nitrogens with zero attached hydrogens (tertiary/aromatic N) is 4. The van der Waals surface area contributed by atoms with Gasteiger partial charge in [-0.2, -0.15) is 0 Å². The second-order valence-corrected chi connectivity index (χ2v) is 4.77. The second-order valence-electron chi connectivity index (χ2n) is 3.93. The van der Waals surface area contributed by atoms with E-state index in [2.05, 4.69) is 20.5 Å². The quantitative estimate of drug-likeness (QED) is 0.774.